The summed E-state index contributed by atoms with van der Waals surface area (Å²) in [6, 6.07) is 4.77. The van der Waals surface area contributed by atoms with Crippen molar-refractivity contribution in [3.63, 3.8) is 0 Å². The van der Waals surface area contributed by atoms with Crippen LogP contribution in [0.2, 0.25) is 0 Å². The smallest absolute Gasteiger partial charge is 0.232 e. The summed E-state index contributed by atoms with van der Waals surface area (Å²) < 4.78 is 54.0. The van der Waals surface area contributed by atoms with E-state index in [0.717, 1.165) is 12.1 Å². The van der Waals surface area contributed by atoms with Crippen molar-refractivity contribution in [3.05, 3.63) is 53.2 Å². The Morgan fingerprint density at radius 3 is 2.56 bits per heavy atom. The third-order valence-corrected chi connectivity index (χ3v) is 4.80. The Labute approximate surface area is 144 Å². The molecule has 0 spiro atoms. The first-order valence-electron chi connectivity index (χ1n) is 7.45. The van der Waals surface area contributed by atoms with E-state index in [4.69, 9.17) is 5.73 Å². The number of nitrogen functional groups attached to an aromatic ring is 1. The van der Waals surface area contributed by atoms with Crippen LogP contribution in [-0.4, -0.2) is 24.9 Å². The number of aromatic nitrogens is 1. The molecule has 25 heavy (non-hydrogen) atoms. The molecular weight excluding hydrogens is 352 g/mol. The fourth-order valence-corrected chi connectivity index (χ4v) is 3.32. The summed E-state index contributed by atoms with van der Waals surface area (Å²) in [4.78, 5) is 16.1. The Morgan fingerprint density at radius 2 is 1.96 bits per heavy atom. The third kappa shape index (κ3) is 4.72. The first-order chi connectivity index (χ1) is 11.7. The molecule has 0 bridgehead atoms. The summed E-state index contributed by atoms with van der Waals surface area (Å²) in [5.74, 6) is -3.11. The molecule has 0 saturated carbocycles. The molecule has 2 aromatic rings. The van der Waals surface area contributed by atoms with Crippen LogP contribution < -0.4 is 10.5 Å². The van der Waals surface area contributed by atoms with Crippen molar-refractivity contribution >= 4 is 27.3 Å². The number of anilines is 2. The van der Waals surface area contributed by atoms with Crippen LogP contribution in [0.1, 0.15) is 29.3 Å². The molecule has 0 aliphatic rings. The zero-order chi connectivity index (χ0) is 18.6. The lowest BCUT2D eigenvalue weighted by atomic mass is 10.0. The molecule has 0 amide bonds. The number of carbonyl (C=O) groups is 1. The average molecular weight is 369 g/mol. The van der Waals surface area contributed by atoms with Crippen LogP contribution in [0.3, 0.4) is 0 Å². The second-order valence-electron chi connectivity index (χ2n) is 5.40. The fourth-order valence-electron chi connectivity index (χ4n) is 2.19. The molecule has 0 saturated heterocycles. The molecule has 1 aromatic carbocycles. The number of ketones is 1. The summed E-state index contributed by atoms with van der Waals surface area (Å²) in [6.45, 7) is 1.65. The Morgan fingerprint density at radius 1 is 1.24 bits per heavy atom. The van der Waals surface area contributed by atoms with Crippen molar-refractivity contribution in [2.75, 3.05) is 16.2 Å². The highest BCUT2D eigenvalue weighted by Crippen LogP contribution is 2.24. The van der Waals surface area contributed by atoms with Gasteiger partial charge in [-0.25, -0.2) is 22.2 Å². The molecule has 0 unspecified atom stereocenters. The van der Waals surface area contributed by atoms with Crippen LogP contribution in [0, 0.1) is 11.6 Å². The first-order valence-corrected chi connectivity index (χ1v) is 9.11. The van der Waals surface area contributed by atoms with E-state index in [0.29, 0.717) is 12.0 Å². The number of pyridine rings is 1. The number of benzene rings is 1. The molecule has 6 nitrogen and oxygen atoms in total. The number of halogens is 2. The molecule has 9 heteroatoms. The van der Waals surface area contributed by atoms with Crippen molar-refractivity contribution in [1.82, 2.24) is 4.98 Å². The number of nitrogens with one attached hydrogen (secondary N) is 1. The van der Waals surface area contributed by atoms with Crippen molar-refractivity contribution in [2.45, 2.75) is 19.8 Å². The lowest BCUT2D eigenvalue weighted by Gasteiger charge is -2.11. The number of hydrogen-bond donors (Lipinski definition) is 2. The highest BCUT2D eigenvalue weighted by molar-refractivity contribution is 7.92. The summed E-state index contributed by atoms with van der Waals surface area (Å²) in [6.07, 6.45) is 1.36. The maximum atomic E-state index is 14.5. The summed E-state index contributed by atoms with van der Waals surface area (Å²) in [5.41, 5.74) is 4.60. The van der Waals surface area contributed by atoms with Crippen molar-refractivity contribution < 1.29 is 22.0 Å². The lowest BCUT2D eigenvalue weighted by molar-refractivity contribution is 0.0985. The number of Topliss-reactive ketones (excluding diaryl/α,β-unsaturated/α-hetero) is 1. The molecule has 3 N–H and O–H groups in total. The molecule has 1 heterocycles. The van der Waals surface area contributed by atoms with E-state index in [2.05, 4.69) is 4.98 Å². The van der Waals surface area contributed by atoms with Crippen LogP contribution in [-0.2, 0) is 16.4 Å². The second-order valence-corrected chi connectivity index (χ2v) is 7.24. The number of hydrogen-bond acceptors (Lipinski definition) is 5. The van der Waals surface area contributed by atoms with Crippen LogP contribution >= 0.6 is 0 Å². The number of sulfonamides is 1. The summed E-state index contributed by atoms with van der Waals surface area (Å²) in [5, 5.41) is 0. The number of nitrogens with two attached hydrogens (primary N) is 1. The van der Waals surface area contributed by atoms with Gasteiger partial charge >= 0.3 is 0 Å². The minimum atomic E-state index is -3.77. The molecule has 0 fully saturated rings. The van der Waals surface area contributed by atoms with E-state index in [1.165, 1.54) is 18.3 Å². The monoisotopic (exact) mass is 369 g/mol. The molecule has 0 aliphatic carbocycles. The third-order valence-electron chi connectivity index (χ3n) is 3.32. The standard InChI is InChI=1S/C16H17F2N3O3S/c1-2-7-25(23,24)21-12-5-4-11(17)15(16(12)18)13(22)8-10-3-6-14(19)20-9-10/h3-6,9,21H,2,7-8H2,1H3,(H2,19,20). The molecule has 0 atom stereocenters. The van der Waals surface area contributed by atoms with E-state index >= 15 is 0 Å². The maximum absolute atomic E-state index is 14.5. The first kappa shape index (κ1) is 18.8. The largest absolute Gasteiger partial charge is 0.384 e. The Kier molecular flexibility index (Phi) is 5.68. The zero-order valence-electron chi connectivity index (χ0n) is 13.4. The van der Waals surface area contributed by atoms with Gasteiger partial charge in [-0.1, -0.05) is 13.0 Å². The van der Waals surface area contributed by atoms with Crippen molar-refractivity contribution in [3.8, 4) is 0 Å². The van der Waals surface area contributed by atoms with Crippen molar-refractivity contribution in [2.24, 2.45) is 0 Å². The van der Waals surface area contributed by atoms with Gasteiger partial charge in [0.15, 0.2) is 11.6 Å². The van der Waals surface area contributed by atoms with Gasteiger partial charge in [0.1, 0.15) is 11.6 Å². The van der Waals surface area contributed by atoms with Crippen LogP contribution in [0.5, 0.6) is 0 Å². The van der Waals surface area contributed by atoms with Gasteiger partial charge in [-0.3, -0.25) is 9.52 Å². The van der Waals surface area contributed by atoms with Crippen molar-refractivity contribution in [1.29, 1.82) is 0 Å². The van der Waals surface area contributed by atoms with E-state index in [1.54, 1.807) is 6.92 Å². The van der Waals surface area contributed by atoms with Gasteiger partial charge in [0.05, 0.1) is 17.0 Å². The van der Waals surface area contributed by atoms with Gasteiger partial charge in [0, 0.05) is 12.6 Å². The minimum absolute atomic E-state index is 0.218. The Bertz CT molecular complexity index is 884. The van der Waals surface area contributed by atoms with E-state index in [-0.39, 0.29) is 18.0 Å². The number of nitrogens with zero attached hydrogens (tertiary/aromatic N) is 1. The molecular formula is C16H17F2N3O3S. The van der Waals surface area contributed by atoms with Crippen LogP contribution in [0.15, 0.2) is 30.5 Å². The molecule has 1 aromatic heterocycles. The molecule has 0 radical (unpaired) electrons. The highest BCUT2D eigenvalue weighted by Gasteiger charge is 2.22. The summed E-state index contributed by atoms with van der Waals surface area (Å²) >= 11 is 0. The van der Waals surface area contributed by atoms with E-state index < -0.39 is 38.7 Å². The quantitative estimate of drug-likeness (QED) is 0.730. The van der Waals surface area contributed by atoms with Gasteiger partial charge in [-0.2, -0.15) is 0 Å². The van der Waals surface area contributed by atoms with Gasteiger partial charge < -0.3 is 5.73 Å². The van der Waals surface area contributed by atoms with E-state index in [1.807, 2.05) is 4.72 Å². The average Bonchev–Trinajstić information content (AvgIpc) is 2.52. The lowest BCUT2D eigenvalue weighted by Crippen LogP contribution is -2.19. The van der Waals surface area contributed by atoms with Gasteiger partial charge in [-0.05, 0) is 30.2 Å². The molecule has 134 valence electrons. The van der Waals surface area contributed by atoms with Gasteiger partial charge in [-0.15, -0.1) is 0 Å². The SMILES string of the molecule is CCCS(=O)(=O)Nc1ccc(F)c(C(=O)Cc2ccc(N)nc2)c1F. The Hall–Kier alpha value is -2.55. The predicted octanol–water partition coefficient (Wildman–Crippen LogP) is 2.52. The normalized spacial score (nSPS) is 11.3. The molecule has 2 rings (SSSR count). The number of carbonyl (C=O) groups excluding carboxylic acids is 1. The number of rotatable bonds is 7. The predicted molar refractivity (Wildman–Crippen MR) is 90.7 cm³/mol. The van der Waals surface area contributed by atoms with Gasteiger partial charge in [0.2, 0.25) is 10.0 Å². The topological polar surface area (TPSA) is 102 Å². The molecule has 0 aliphatic heterocycles. The zero-order valence-corrected chi connectivity index (χ0v) is 14.2. The fraction of sp³-hybridized carbons (Fsp3) is 0.250. The second kappa shape index (κ2) is 7.56. The minimum Gasteiger partial charge on any atom is -0.384 e. The summed E-state index contributed by atoms with van der Waals surface area (Å²) in [7, 11) is -3.77. The van der Waals surface area contributed by atoms with Gasteiger partial charge in [0.25, 0.3) is 0 Å². The van der Waals surface area contributed by atoms with E-state index in [9.17, 15) is 22.0 Å². The highest BCUT2D eigenvalue weighted by atomic mass is 32.2. The Balaban J connectivity index is 2.32. The maximum Gasteiger partial charge on any atom is 0.232 e. The van der Waals surface area contributed by atoms with Crippen LogP contribution in [0.25, 0.3) is 0 Å². The van der Waals surface area contributed by atoms with Crippen LogP contribution in [0.4, 0.5) is 20.3 Å².